The van der Waals surface area contributed by atoms with Crippen LogP contribution in [0.25, 0.3) is 0 Å². The molecule has 104 valence electrons. The molecule has 0 heterocycles. The van der Waals surface area contributed by atoms with E-state index in [-0.39, 0.29) is 22.7 Å². The molecule has 0 spiro atoms. The standard InChI is InChI=1S/C13H9BrF2N2O2/c14-6-1-2-8(15)11(3-6)20-12-4-7(13(18)19)10(17)5-9(12)16/h1-5H,17H2,(H2,18,19). The number of nitrogen functional groups attached to an aromatic ring is 1. The van der Waals surface area contributed by atoms with Gasteiger partial charge >= 0.3 is 0 Å². The van der Waals surface area contributed by atoms with Crippen molar-refractivity contribution in [1.82, 2.24) is 0 Å². The Balaban J connectivity index is 2.45. The summed E-state index contributed by atoms with van der Waals surface area (Å²) in [4.78, 5) is 11.1. The topological polar surface area (TPSA) is 78.3 Å². The SMILES string of the molecule is NC(=O)c1cc(Oc2cc(Br)ccc2F)c(F)cc1N. The van der Waals surface area contributed by atoms with E-state index in [4.69, 9.17) is 16.2 Å². The molecule has 0 aliphatic heterocycles. The van der Waals surface area contributed by atoms with Crippen molar-refractivity contribution in [2.24, 2.45) is 5.73 Å². The van der Waals surface area contributed by atoms with Crippen LogP contribution >= 0.6 is 15.9 Å². The van der Waals surface area contributed by atoms with E-state index in [1.165, 1.54) is 12.1 Å². The second-order valence-electron chi connectivity index (χ2n) is 3.91. The van der Waals surface area contributed by atoms with E-state index in [0.717, 1.165) is 18.2 Å². The summed E-state index contributed by atoms with van der Waals surface area (Å²) in [6.07, 6.45) is 0. The summed E-state index contributed by atoms with van der Waals surface area (Å²) in [5.41, 5.74) is 10.3. The molecule has 20 heavy (non-hydrogen) atoms. The maximum atomic E-state index is 13.7. The van der Waals surface area contributed by atoms with Crippen molar-refractivity contribution in [3.8, 4) is 11.5 Å². The number of hydrogen-bond acceptors (Lipinski definition) is 3. The van der Waals surface area contributed by atoms with Crippen molar-refractivity contribution < 1.29 is 18.3 Å². The number of carbonyl (C=O) groups is 1. The predicted molar refractivity (Wildman–Crippen MR) is 73.5 cm³/mol. The van der Waals surface area contributed by atoms with Gasteiger partial charge in [0.05, 0.1) is 5.56 Å². The highest BCUT2D eigenvalue weighted by Gasteiger charge is 2.15. The Kier molecular flexibility index (Phi) is 3.89. The smallest absolute Gasteiger partial charge is 0.250 e. The Bertz CT molecular complexity index is 692. The second-order valence-corrected chi connectivity index (χ2v) is 4.83. The van der Waals surface area contributed by atoms with Crippen molar-refractivity contribution in [2.45, 2.75) is 0 Å². The summed E-state index contributed by atoms with van der Waals surface area (Å²) >= 11 is 3.14. The van der Waals surface area contributed by atoms with Crippen molar-refractivity contribution in [2.75, 3.05) is 5.73 Å². The van der Waals surface area contributed by atoms with Crippen LogP contribution in [0.2, 0.25) is 0 Å². The molecular formula is C13H9BrF2N2O2. The van der Waals surface area contributed by atoms with Gasteiger partial charge in [-0.1, -0.05) is 15.9 Å². The zero-order valence-electron chi connectivity index (χ0n) is 9.99. The van der Waals surface area contributed by atoms with E-state index >= 15 is 0 Å². The van der Waals surface area contributed by atoms with Crippen LogP contribution in [-0.4, -0.2) is 5.91 Å². The Hall–Kier alpha value is -2.15. The summed E-state index contributed by atoms with van der Waals surface area (Å²) in [6.45, 7) is 0. The average Bonchev–Trinajstić information content (AvgIpc) is 2.36. The molecule has 0 bridgehead atoms. The third kappa shape index (κ3) is 2.88. The van der Waals surface area contributed by atoms with Crippen molar-refractivity contribution >= 4 is 27.5 Å². The molecule has 0 aliphatic carbocycles. The van der Waals surface area contributed by atoms with Crippen LogP contribution in [-0.2, 0) is 0 Å². The fourth-order valence-corrected chi connectivity index (χ4v) is 1.87. The highest BCUT2D eigenvalue weighted by molar-refractivity contribution is 9.10. The van der Waals surface area contributed by atoms with Crippen LogP contribution in [0.4, 0.5) is 14.5 Å². The molecule has 2 rings (SSSR count). The van der Waals surface area contributed by atoms with Gasteiger partial charge in [-0.25, -0.2) is 8.78 Å². The third-order valence-electron chi connectivity index (χ3n) is 2.48. The van der Waals surface area contributed by atoms with Gasteiger partial charge in [0, 0.05) is 16.2 Å². The first kappa shape index (κ1) is 14.3. The molecule has 0 saturated heterocycles. The normalized spacial score (nSPS) is 10.3. The average molecular weight is 343 g/mol. The van der Waals surface area contributed by atoms with E-state index in [1.807, 2.05) is 0 Å². The number of primary amides is 1. The summed E-state index contributed by atoms with van der Waals surface area (Å²) in [7, 11) is 0. The van der Waals surface area contributed by atoms with E-state index in [1.54, 1.807) is 0 Å². The van der Waals surface area contributed by atoms with Gasteiger partial charge in [0.2, 0.25) is 0 Å². The first-order chi connectivity index (χ1) is 9.38. The van der Waals surface area contributed by atoms with Gasteiger partial charge < -0.3 is 16.2 Å². The number of nitrogens with two attached hydrogens (primary N) is 2. The molecule has 0 aromatic heterocycles. The zero-order valence-corrected chi connectivity index (χ0v) is 11.6. The summed E-state index contributed by atoms with van der Waals surface area (Å²) in [5.74, 6) is -2.87. The maximum absolute atomic E-state index is 13.7. The summed E-state index contributed by atoms with van der Waals surface area (Å²) < 4.78 is 32.9. The molecule has 0 unspecified atom stereocenters. The zero-order chi connectivity index (χ0) is 14.9. The molecule has 0 atom stereocenters. The second kappa shape index (κ2) is 5.46. The number of halogens is 3. The summed E-state index contributed by atoms with van der Waals surface area (Å²) in [6, 6.07) is 5.88. The minimum atomic E-state index is -0.831. The van der Waals surface area contributed by atoms with Gasteiger partial charge in [0.25, 0.3) is 5.91 Å². The van der Waals surface area contributed by atoms with Gasteiger partial charge in [0.15, 0.2) is 23.1 Å². The lowest BCUT2D eigenvalue weighted by atomic mass is 10.1. The Morgan fingerprint density at radius 1 is 1.10 bits per heavy atom. The number of carbonyl (C=O) groups excluding carboxylic acids is 1. The molecular weight excluding hydrogens is 334 g/mol. The van der Waals surface area contributed by atoms with Gasteiger partial charge in [-0.3, -0.25) is 4.79 Å². The van der Waals surface area contributed by atoms with Crippen molar-refractivity contribution in [1.29, 1.82) is 0 Å². The first-order valence-electron chi connectivity index (χ1n) is 5.40. The van der Waals surface area contributed by atoms with Crippen LogP contribution in [0.15, 0.2) is 34.8 Å². The number of amides is 1. The van der Waals surface area contributed by atoms with Crippen LogP contribution in [0.5, 0.6) is 11.5 Å². The highest BCUT2D eigenvalue weighted by atomic mass is 79.9. The maximum Gasteiger partial charge on any atom is 0.250 e. The molecule has 1 amide bonds. The number of benzene rings is 2. The highest BCUT2D eigenvalue weighted by Crippen LogP contribution is 2.31. The lowest BCUT2D eigenvalue weighted by Gasteiger charge is -2.10. The van der Waals surface area contributed by atoms with Gasteiger partial charge in [-0.2, -0.15) is 0 Å². The van der Waals surface area contributed by atoms with E-state index in [2.05, 4.69) is 15.9 Å². The Labute approximate surface area is 121 Å². The molecule has 0 aliphatic rings. The Morgan fingerprint density at radius 3 is 2.40 bits per heavy atom. The van der Waals surface area contributed by atoms with Gasteiger partial charge in [-0.05, 0) is 24.3 Å². The Morgan fingerprint density at radius 2 is 1.75 bits per heavy atom. The van der Waals surface area contributed by atoms with E-state index < -0.39 is 17.5 Å². The minimum Gasteiger partial charge on any atom is -0.451 e. The lowest BCUT2D eigenvalue weighted by Crippen LogP contribution is -2.14. The molecule has 0 fully saturated rings. The number of anilines is 1. The molecule has 7 heteroatoms. The van der Waals surface area contributed by atoms with E-state index in [9.17, 15) is 13.6 Å². The van der Waals surface area contributed by atoms with E-state index in [0.29, 0.717) is 4.47 Å². The molecule has 4 nitrogen and oxygen atoms in total. The van der Waals surface area contributed by atoms with Crippen molar-refractivity contribution in [3.63, 3.8) is 0 Å². The van der Waals surface area contributed by atoms with Gasteiger partial charge in [-0.15, -0.1) is 0 Å². The first-order valence-corrected chi connectivity index (χ1v) is 6.19. The van der Waals surface area contributed by atoms with Crippen LogP contribution in [0.3, 0.4) is 0 Å². The van der Waals surface area contributed by atoms with Crippen LogP contribution in [0.1, 0.15) is 10.4 Å². The molecule has 0 saturated carbocycles. The summed E-state index contributed by atoms with van der Waals surface area (Å²) in [5, 5.41) is 0. The molecule has 2 aromatic rings. The molecule has 4 N–H and O–H groups in total. The van der Waals surface area contributed by atoms with Gasteiger partial charge in [0.1, 0.15) is 0 Å². The quantitative estimate of drug-likeness (QED) is 0.840. The third-order valence-corrected chi connectivity index (χ3v) is 2.98. The largest absolute Gasteiger partial charge is 0.451 e. The van der Waals surface area contributed by atoms with Crippen LogP contribution < -0.4 is 16.2 Å². The fraction of sp³-hybridized carbons (Fsp3) is 0. The minimum absolute atomic E-state index is 0.100. The predicted octanol–water partition coefficient (Wildman–Crippen LogP) is 3.20. The fourth-order valence-electron chi connectivity index (χ4n) is 1.53. The lowest BCUT2D eigenvalue weighted by molar-refractivity contribution is 0.100. The monoisotopic (exact) mass is 342 g/mol. The number of ether oxygens (including phenoxy) is 1. The number of rotatable bonds is 3. The molecule has 0 radical (unpaired) electrons. The number of hydrogen-bond donors (Lipinski definition) is 2. The van der Waals surface area contributed by atoms with Crippen LogP contribution in [0, 0.1) is 11.6 Å². The molecule has 2 aromatic carbocycles. The van der Waals surface area contributed by atoms with Crippen molar-refractivity contribution in [3.05, 3.63) is 52.0 Å².